The average molecular weight is 199 g/mol. The topological polar surface area (TPSA) is 83.4 Å². The van der Waals surface area contributed by atoms with Gasteiger partial charge in [0.2, 0.25) is 0 Å². The summed E-state index contributed by atoms with van der Waals surface area (Å²) in [6, 6.07) is 7.82. The standard InChI is InChI=1S/C10H9N5/c11-10-4-9(14-15-10)6-1-2-7-5-12-13-8(7)3-6/h1-5H,(H,12,13)(H3,11,14,15). The summed E-state index contributed by atoms with van der Waals surface area (Å²) in [5, 5.41) is 14.7. The summed E-state index contributed by atoms with van der Waals surface area (Å²) in [6.45, 7) is 0. The van der Waals surface area contributed by atoms with Crippen LogP contribution in [0, 0.1) is 0 Å². The predicted octanol–water partition coefficient (Wildman–Crippen LogP) is 1.54. The second-order valence-electron chi connectivity index (χ2n) is 3.38. The quantitative estimate of drug-likeness (QED) is 0.555. The van der Waals surface area contributed by atoms with Crippen LogP contribution in [0.3, 0.4) is 0 Å². The zero-order chi connectivity index (χ0) is 10.3. The molecule has 0 fully saturated rings. The summed E-state index contributed by atoms with van der Waals surface area (Å²) in [6.07, 6.45) is 1.79. The molecule has 0 aliphatic carbocycles. The smallest absolute Gasteiger partial charge is 0.145 e. The van der Waals surface area contributed by atoms with E-state index in [9.17, 15) is 0 Å². The Kier molecular flexibility index (Phi) is 1.53. The van der Waals surface area contributed by atoms with Gasteiger partial charge in [-0.25, -0.2) is 0 Å². The Hall–Kier alpha value is -2.30. The summed E-state index contributed by atoms with van der Waals surface area (Å²) >= 11 is 0. The zero-order valence-corrected chi connectivity index (χ0v) is 7.86. The summed E-state index contributed by atoms with van der Waals surface area (Å²) < 4.78 is 0. The van der Waals surface area contributed by atoms with Crippen molar-refractivity contribution in [3.05, 3.63) is 30.5 Å². The van der Waals surface area contributed by atoms with Crippen LogP contribution in [0.1, 0.15) is 0 Å². The molecular formula is C10H9N5. The molecule has 15 heavy (non-hydrogen) atoms. The van der Waals surface area contributed by atoms with E-state index in [1.165, 1.54) is 0 Å². The highest BCUT2D eigenvalue weighted by Crippen LogP contribution is 2.22. The Morgan fingerprint density at radius 1 is 1.13 bits per heavy atom. The molecule has 0 saturated heterocycles. The van der Waals surface area contributed by atoms with Crippen LogP contribution in [0.15, 0.2) is 30.5 Å². The highest BCUT2D eigenvalue weighted by molar-refractivity contribution is 5.83. The Morgan fingerprint density at radius 2 is 2.07 bits per heavy atom. The van der Waals surface area contributed by atoms with E-state index >= 15 is 0 Å². The molecule has 3 aromatic rings. The number of rotatable bonds is 1. The van der Waals surface area contributed by atoms with Gasteiger partial charge in [0.1, 0.15) is 5.82 Å². The first-order chi connectivity index (χ1) is 7.33. The van der Waals surface area contributed by atoms with Gasteiger partial charge < -0.3 is 5.73 Å². The maximum absolute atomic E-state index is 5.55. The van der Waals surface area contributed by atoms with Gasteiger partial charge in [-0.1, -0.05) is 12.1 Å². The fourth-order valence-electron chi connectivity index (χ4n) is 1.59. The summed E-state index contributed by atoms with van der Waals surface area (Å²) in [7, 11) is 0. The molecule has 0 bridgehead atoms. The SMILES string of the molecule is Nc1cc(-c2ccc3cn[nH]c3c2)[nH]n1. The molecule has 0 amide bonds. The first kappa shape index (κ1) is 8.05. The van der Waals surface area contributed by atoms with Gasteiger partial charge >= 0.3 is 0 Å². The van der Waals surface area contributed by atoms with E-state index in [0.717, 1.165) is 22.2 Å². The van der Waals surface area contributed by atoms with E-state index < -0.39 is 0 Å². The zero-order valence-electron chi connectivity index (χ0n) is 7.86. The van der Waals surface area contributed by atoms with Crippen molar-refractivity contribution in [1.29, 1.82) is 0 Å². The number of nitrogens with two attached hydrogens (primary N) is 1. The minimum absolute atomic E-state index is 0.495. The minimum atomic E-state index is 0.495. The lowest BCUT2D eigenvalue weighted by atomic mass is 10.1. The van der Waals surface area contributed by atoms with Crippen molar-refractivity contribution in [2.24, 2.45) is 0 Å². The van der Waals surface area contributed by atoms with E-state index in [4.69, 9.17) is 5.73 Å². The summed E-state index contributed by atoms with van der Waals surface area (Å²) in [5.74, 6) is 0.495. The van der Waals surface area contributed by atoms with Gasteiger partial charge in [0, 0.05) is 17.0 Å². The van der Waals surface area contributed by atoms with Gasteiger partial charge in [-0.3, -0.25) is 10.2 Å². The van der Waals surface area contributed by atoms with Gasteiger partial charge in [0.25, 0.3) is 0 Å². The normalized spacial score (nSPS) is 10.9. The van der Waals surface area contributed by atoms with Crippen molar-refractivity contribution in [3.63, 3.8) is 0 Å². The number of nitrogen functional groups attached to an aromatic ring is 1. The molecule has 0 saturated carbocycles. The van der Waals surface area contributed by atoms with Crippen LogP contribution in [0.4, 0.5) is 5.82 Å². The molecule has 0 spiro atoms. The fourth-order valence-corrected chi connectivity index (χ4v) is 1.59. The van der Waals surface area contributed by atoms with E-state index in [1.807, 2.05) is 18.2 Å². The van der Waals surface area contributed by atoms with Crippen LogP contribution in [0.2, 0.25) is 0 Å². The largest absolute Gasteiger partial charge is 0.382 e. The lowest BCUT2D eigenvalue weighted by molar-refractivity contribution is 1.10. The molecule has 1 aromatic carbocycles. The molecule has 0 atom stereocenters. The number of anilines is 1. The molecule has 3 rings (SSSR count). The van der Waals surface area contributed by atoms with Crippen molar-refractivity contribution in [3.8, 4) is 11.3 Å². The average Bonchev–Trinajstić information content (AvgIpc) is 2.84. The molecule has 0 unspecified atom stereocenters. The first-order valence-corrected chi connectivity index (χ1v) is 4.57. The number of H-pyrrole nitrogens is 2. The number of benzene rings is 1. The van der Waals surface area contributed by atoms with Gasteiger partial charge in [-0.15, -0.1) is 0 Å². The lowest BCUT2D eigenvalue weighted by Gasteiger charge is -1.96. The van der Waals surface area contributed by atoms with E-state index in [-0.39, 0.29) is 0 Å². The van der Waals surface area contributed by atoms with E-state index in [0.29, 0.717) is 5.82 Å². The van der Waals surface area contributed by atoms with Gasteiger partial charge in [-0.2, -0.15) is 10.2 Å². The molecule has 2 aromatic heterocycles. The summed E-state index contributed by atoms with van der Waals surface area (Å²) in [5.41, 5.74) is 8.49. The predicted molar refractivity (Wildman–Crippen MR) is 58.1 cm³/mol. The number of nitrogens with zero attached hydrogens (tertiary/aromatic N) is 2. The molecule has 0 aliphatic rings. The minimum Gasteiger partial charge on any atom is -0.382 e. The van der Waals surface area contributed by atoms with Crippen LogP contribution in [-0.4, -0.2) is 20.4 Å². The van der Waals surface area contributed by atoms with Crippen molar-refractivity contribution in [2.45, 2.75) is 0 Å². The molecule has 2 heterocycles. The Balaban J connectivity index is 2.18. The van der Waals surface area contributed by atoms with Crippen molar-refractivity contribution in [2.75, 3.05) is 5.73 Å². The molecule has 0 radical (unpaired) electrons. The molecule has 4 N–H and O–H groups in total. The van der Waals surface area contributed by atoms with Crippen molar-refractivity contribution < 1.29 is 0 Å². The third-order valence-corrected chi connectivity index (χ3v) is 2.35. The van der Waals surface area contributed by atoms with E-state index in [1.54, 1.807) is 12.3 Å². The van der Waals surface area contributed by atoms with Crippen LogP contribution < -0.4 is 5.73 Å². The second-order valence-corrected chi connectivity index (χ2v) is 3.38. The van der Waals surface area contributed by atoms with Crippen LogP contribution in [0.25, 0.3) is 22.2 Å². The maximum atomic E-state index is 5.55. The molecule has 0 aliphatic heterocycles. The van der Waals surface area contributed by atoms with Crippen molar-refractivity contribution in [1.82, 2.24) is 20.4 Å². The lowest BCUT2D eigenvalue weighted by Crippen LogP contribution is -1.81. The van der Waals surface area contributed by atoms with E-state index in [2.05, 4.69) is 20.4 Å². The number of hydrogen-bond donors (Lipinski definition) is 3. The Bertz CT molecular complexity index is 607. The second kappa shape index (κ2) is 2.84. The van der Waals surface area contributed by atoms with Crippen LogP contribution in [-0.2, 0) is 0 Å². The number of aromatic amines is 2. The highest BCUT2D eigenvalue weighted by atomic mass is 15.2. The highest BCUT2D eigenvalue weighted by Gasteiger charge is 2.03. The Labute approximate surface area is 85.3 Å². The van der Waals surface area contributed by atoms with Crippen LogP contribution in [0.5, 0.6) is 0 Å². The van der Waals surface area contributed by atoms with Crippen molar-refractivity contribution >= 4 is 16.7 Å². The number of fused-ring (bicyclic) bond motifs is 1. The number of nitrogens with one attached hydrogen (secondary N) is 2. The fraction of sp³-hybridized carbons (Fsp3) is 0. The maximum Gasteiger partial charge on any atom is 0.145 e. The summed E-state index contributed by atoms with van der Waals surface area (Å²) in [4.78, 5) is 0. The van der Waals surface area contributed by atoms with Gasteiger partial charge in [0.15, 0.2) is 0 Å². The monoisotopic (exact) mass is 199 g/mol. The molecule has 5 heteroatoms. The molecule has 5 nitrogen and oxygen atoms in total. The van der Waals surface area contributed by atoms with Crippen LogP contribution >= 0.6 is 0 Å². The Morgan fingerprint density at radius 3 is 2.87 bits per heavy atom. The molecular weight excluding hydrogens is 190 g/mol. The first-order valence-electron chi connectivity index (χ1n) is 4.57. The number of hydrogen-bond acceptors (Lipinski definition) is 3. The third-order valence-electron chi connectivity index (χ3n) is 2.35. The third kappa shape index (κ3) is 1.25. The molecule has 74 valence electrons. The van der Waals surface area contributed by atoms with Gasteiger partial charge in [-0.05, 0) is 6.07 Å². The number of aromatic nitrogens is 4. The van der Waals surface area contributed by atoms with Gasteiger partial charge in [0.05, 0.1) is 17.4 Å².